The number of aliphatic hydroxyl groups is 1. The first-order valence-electron chi connectivity index (χ1n) is 6.80. The lowest BCUT2D eigenvalue weighted by Gasteiger charge is -2.28. The van der Waals surface area contributed by atoms with Crippen LogP contribution in [0.15, 0.2) is 28.7 Å². The van der Waals surface area contributed by atoms with Crippen molar-refractivity contribution in [1.82, 2.24) is 10.2 Å². The maximum Gasteiger partial charge on any atom is 0.325 e. The molecule has 1 aliphatic heterocycles. The van der Waals surface area contributed by atoms with Gasteiger partial charge in [-0.15, -0.1) is 0 Å². The summed E-state index contributed by atoms with van der Waals surface area (Å²) in [5, 5.41) is 14.3. The van der Waals surface area contributed by atoms with E-state index in [-0.39, 0.29) is 18.6 Å². The van der Waals surface area contributed by atoms with E-state index in [0.717, 1.165) is 4.47 Å². The molecule has 1 heterocycles. The fourth-order valence-electron chi connectivity index (χ4n) is 2.14. The molecule has 7 heteroatoms. The summed E-state index contributed by atoms with van der Waals surface area (Å²) in [6.07, 6.45) is 1.06. The van der Waals surface area contributed by atoms with E-state index in [4.69, 9.17) is 0 Å². The molecule has 0 atom stereocenters. The number of rotatable bonds is 3. The Kier molecular flexibility index (Phi) is 5.72. The Morgan fingerprint density at radius 1 is 1.24 bits per heavy atom. The molecule has 0 unspecified atom stereocenters. The van der Waals surface area contributed by atoms with Crippen LogP contribution in [0.2, 0.25) is 0 Å². The molecule has 1 aliphatic rings. The number of carbonyl (C=O) groups is 2. The van der Waals surface area contributed by atoms with Crippen LogP contribution in [0.3, 0.4) is 0 Å². The van der Waals surface area contributed by atoms with Gasteiger partial charge in [-0.2, -0.15) is 0 Å². The van der Waals surface area contributed by atoms with E-state index >= 15 is 0 Å². The van der Waals surface area contributed by atoms with E-state index in [1.54, 1.807) is 24.3 Å². The average molecular weight is 356 g/mol. The molecule has 3 amide bonds. The maximum atomic E-state index is 11.8. The number of aliphatic hydroxyl groups excluding tert-OH is 1. The summed E-state index contributed by atoms with van der Waals surface area (Å²) in [5.41, 5.74) is 0.615. The molecular weight excluding hydrogens is 338 g/mol. The molecule has 2 rings (SSSR count). The molecule has 1 saturated heterocycles. The van der Waals surface area contributed by atoms with Crippen molar-refractivity contribution in [2.45, 2.75) is 18.9 Å². The first-order chi connectivity index (χ1) is 10.0. The van der Waals surface area contributed by atoms with Gasteiger partial charge in [-0.1, -0.05) is 15.9 Å². The highest BCUT2D eigenvalue weighted by molar-refractivity contribution is 9.10. The quantitative estimate of drug-likeness (QED) is 0.768. The standard InChI is InChI=1S/C14H18BrN3O3/c15-10-1-3-11(4-2-10)16-14(21)17-13(20)9-18-7-5-12(19)6-8-18/h1-4,12,19H,5-9H2,(H2,16,17,20,21). The van der Waals surface area contributed by atoms with E-state index in [1.807, 2.05) is 4.90 Å². The fourth-order valence-corrected chi connectivity index (χ4v) is 2.41. The zero-order valence-electron chi connectivity index (χ0n) is 11.5. The zero-order valence-corrected chi connectivity index (χ0v) is 13.1. The number of hydrogen-bond donors (Lipinski definition) is 3. The van der Waals surface area contributed by atoms with Gasteiger partial charge >= 0.3 is 6.03 Å². The molecule has 114 valence electrons. The third kappa shape index (κ3) is 5.45. The Balaban J connectivity index is 1.74. The number of amides is 3. The van der Waals surface area contributed by atoms with Gasteiger partial charge in [0.25, 0.3) is 0 Å². The Morgan fingerprint density at radius 2 is 1.86 bits per heavy atom. The Hall–Kier alpha value is -1.44. The molecule has 1 aromatic rings. The van der Waals surface area contributed by atoms with Gasteiger partial charge in [0.2, 0.25) is 5.91 Å². The SMILES string of the molecule is O=C(CN1CCC(O)CC1)NC(=O)Nc1ccc(Br)cc1. The number of nitrogens with one attached hydrogen (secondary N) is 2. The lowest BCUT2D eigenvalue weighted by atomic mass is 10.1. The van der Waals surface area contributed by atoms with Crippen molar-refractivity contribution in [2.75, 3.05) is 25.0 Å². The smallest absolute Gasteiger partial charge is 0.325 e. The highest BCUT2D eigenvalue weighted by atomic mass is 79.9. The molecule has 0 spiro atoms. The predicted octanol–water partition coefficient (Wildman–Crippen LogP) is 1.55. The van der Waals surface area contributed by atoms with Gasteiger partial charge in [0, 0.05) is 23.2 Å². The van der Waals surface area contributed by atoms with Crippen molar-refractivity contribution >= 4 is 33.6 Å². The van der Waals surface area contributed by atoms with E-state index < -0.39 is 6.03 Å². The van der Waals surface area contributed by atoms with Crippen LogP contribution in [0.1, 0.15) is 12.8 Å². The Labute approximate surface area is 131 Å². The lowest BCUT2D eigenvalue weighted by Crippen LogP contribution is -2.45. The van der Waals surface area contributed by atoms with Crippen LogP contribution in [0.25, 0.3) is 0 Å². The van der Waals surface area contributed by atoms with Crippen LogP contribution in [0, 0.1) is 0 Å². The highest BCUT2D eigenvalue weighted by Gasteiger charge is 2.19. The Bertz CT molecular complexity index is 499. The van der Waals surface area contributed by atoms with Crippen molar-refractivity contribution in [3.63, 3.8) is 0 Å². The second-order valence-corrected chi connectivity index (χ2v) is 5.93. The van der Waals surface area contributed by atoms with Crippen molar-refractivity contribution in [1.29, 1.82) is 0 Å². The minimum Gasteiger partial charge on any atom is -0.393 e. The summed E-state index contributed by atoms with van der Waals surface area (Å²) >= 11 is 3.31. The minimum atomic E-state index is -0.542. The molecule has 0 aliphatic carbocycles. The third-order valence-electron chi connectivity index (χ3n) is 3.28. The number of carbonyl (C=O) groups excluding carboxylic acids is 2. The largest absolute Gasteiger partial charge is 0.393 e. The first-order valence-corrected chi connectivity index (χ1v) is 7.59. The van der Waals surface area contributed by atoms with Crippen LogP contribution in [0.5, 0.6) is 0 Å². The summed E-state index contributed by atoms with van der Waals surface area (Å²) in [6, 6.07) is 6.53. The van der Waals surface area contributed by atoms with Crippen LogP contribution >= 0.6 is 15.9 Å². The topological polar surface area (TPSA) is 81.7 Å². The molecule has 0 bridgehead atoms. The summed E-state index contributed by atoms with van der Waals surface area (Å²) in [6.45, 7) is 1.51. The van der Waals surface area contributed by atoms with Gasteiger partial charge in [-0.05, 0) is 37.1 Å². The van der Waals surface area contributed by atoms with Crippen LogP contribution in [-0.2, 0) is 4.79 Å². The maximum absolute atomic E-state index is 11.8. The second-order valence-electron chi connectivity index (χ2n) is 5.02. The number of hydrogen-bond acceptors (Lipinski definition) is 4. The molecule has 1 aromatic carbocycles. The van der Waals surface area contributed by atoms with Gasteiger partial charge in [0.15, 0.2) is 0 Å². The molecule has 0 saturated carbocycles. The van der Waals surface area contributed by atoms with Gasteiger partial charge < -0.3 is 10.4 Å². The van der Waals surface area contributed by atoms with Crippen LogP contribution < -0.4 is 10.6 Å². The summed E-state index contributed by atoms with van der Waals surface area (Å²) < 4.78 is 0.914. The van der Waals surface area contributed by atoms with Crippen LogP contribution in [-0.4, -0.2) is 47.7 Å². The molecule has 1 fully saturated rings. The van der Waals surface area contributed by atoms with Crippen molar-refractivity contribution in [3.8, 4) is 0 Å². The average Bonchev–Trinajstić information content (AvgIpc) is 2.44. The van der Waals surface area contributed by atoms with Gasteiger partial charge in [0.1, 0.15) is 0 Å². The normalized spacial score (nSPS) is 16.5. The minimum absolute atomic E-state index is 0.167. The number of nitrogens with zero attached hydrogens (tertiary/aromatic N) is 1. The molecule has 6 nitrogen and oxygen atoms in total. The van der Waals surface area contributed by atoms with Crippen molar-refractivity contribution < 1.29 is 14.7 Å². The van der Waals surface area contributed by atoms with E-state index in [1.165, 1.54) is 0 Å². The zero-order chi connectivity index (χ0) is 15.2. The number of halogens is 1. The molecule has 0 radical (unpaired) electrons. The summed E-state index contributed by atoms with van der Waals surface area (Å²) in [7, 11) is 0. The van der Waals surface area contributed by atoms with Crippen molar-refractivity contribution in [3.05, 3.63) is 28.7 Å². The number of imide groups is 1. The number of likely N-dealkylation sites (tertiary alicyclic amines) is 1. The van der Waals surface area contributed by atoms with E-state index in [2.05, 4.69) is 26.6 Å². The van der Waals surface area contributed by atoms with Crippen LogP contribution in [0.4, 0.5) is 10.5 Å². The monoisotopic (exact) mass is 355 g/mol. The molecule has 21 heavy (non-hydrogen) atoms. The van der Waals surface area contributed by atoms with Gasteiger partial charge in [-0.25, -0.2) is 4.79 Å². The lowest BCUT2D eigenvalue weighted by molar-refractivity contribution is -0.121. The number of anilines is 1. The Morgan fingerprint density at radius 3 is 2.48 bits per heavy atom. The molecular formula is C14H18BrN3O3. The number of urea groups is 1. The van der Waals surface area contributed by atoms with Crippen molar-refractivity contribution in [2.24, 2.45) is 0 Å². The fraction of sp³-hybridized carbons (Fsp3) is 0.429. The molecule has 3 N–H and O–H groups in total. The third-order valence-corrected chi connectivity index (χ3v) is 3.81. The van der Waals surface area contributed by atoms with Gasteiger partial charge in [-0.3, -0.25) is 15.0 Å². The summed E-state index contributed by atoms with van der Waals surface area (Å²) in [5.74, 6) is -0.346. The second kappa shape index (κ2) is 7.53. The van der Waals surface area contributed by atoms with Gasteiger partial charge in [0.05, 0.1) is 12.6 Å². The predicted molar refractivity (Wildman–Crippen MR) is 83.0 cm³/mol. The first kappa shape index (κ1) is 15.9. The van der Waals surface area contributed by atoms with E-state index in [9.17, 15) is 14.7 Å². The summed E-state index contributed by atoms with van der Waals surface area (Å²) in [4.78, 5) is 25.4. The number of piperidine rings is 1. The van der Waals surface area contributed by atoms with E-state index in [0.29, 0.717) is 31.6 Å². The number of benzene rings is 1. The molecule has 0 aromatic heterocycles. The highest BCUT2D eigenvalue weighted by Crippen LogP contribution is 2.14.